The molecular formula is C45H67NO5Si. The lowest BCUT2D eigenvalue weighted by atomic mass is 9.32. The van der Waals surface area contributed by atoms with Gasteiger partial charge in [0.25, 0.3) is 0 Å². The Hall–Kier alpha value is -2.67. The van der Waals surface area contributed by atoms with E-state index in [9.17, 15) is 19.5 Å². The highest BCUT2D eigenvalue weighted by atomic mass is 28.3. The van der Waals surface area contributed by atoms with E-state index in [0.717, 1.165) is 50.1 Å². The molecule has 0 aliphatic heterocycles. The summed E-state index contributed by atoms with van der Waals surface area (Å²) in [4.78, 5) is 38.5. The first-order valence-electron chi connectivity index (χ1n) is 20.3. The maximum Gasteiger partial charge on any atom is 0.335 e. The lowest BCUT2D eigenvalue weighted by Gasteiger charge is -2.72. The number of carboxylic acids is 1. The van der Waals surface area contributed by atoms with Gasteiger partial charge in [0.05, 0.1) is 24.0 Å². The number of allylic oxidation sites excluding steroid dienone is 3. The molecule has 1 aromatic carbocycles. The fraction of sp³-hybridized carbons (Fsp3) is 0.711. The third-order valence-corrected chi connectivity index (χ3v) is 18.0. The molecule has 4 saturated carbocycles. The average molecular weight is 730 g/mol. The number of rotatable bonds is 10. The van der Waals surface area contributed by atoms with Crippen LogP contribution in [0.15, 0.2) is 42.5 Å². The normalized spacial score (nSPS) is 37.7. The zero-order valence-electron chi connectivity index (χ0n) is 33.8. The van der Waals surface area contributed by atoms with E-state index in [0.29, 0.717) is 42.4 Å². The van der Waals surface area contributed by atoms with Crippen LogP contribution in [0.3, 0.4) is 0 Å². The maximum atomic E-state index is 14.4. The van der Waals surface area contributed by atoms with Crippen LogP contribution in [0.4, 0.5) is 0 Å². The Morgan fingerprint density at radius 2 is 1.60 bits per heavy atom. The Labute approximate surface area is 315 Å². The first-order valence-corrected chi connectivity index (χ1v) is 24.1. The van der Waals surface area contributed by atoms with Crippen molar-refractivity contribution in [3.63, 3.8) is 0 Å². The van der Waals surface area contributed by atoms with Gasteiger partial charge in [-0.2, -0.15) is 0 Å². The summed E-state index contributed by atoms with van der Waals surface area (Å²) in [5.41, 5.74) is 4.07. The van der Waals surface area contributed by atoms with Gasteiger partial charge in [-0.05, 0) is 145 Å². The van der Waals surface area contributed by atoms with Crippen molar-refractivity contribution in [3.8, 4) is 0 Å². The third kappa shape index (κ3) is 6.27. The summed E-state index contributed by atoms with van der Waals surface area (Å²) in [5, 5.41) is 12.8. The number of hydrogen-bond donors (Lipinski definition) is 2. The highest BCUT2D eigenvalue weighted by molar-refractivity contribution is 6.76. The minimum Gasteiger partial charge on any atom is -0.478 e. The number of carboxylic acid groups (broad SMARTS) is 1. The van der Waals surface area contributed by atoms with Crippen molar-refractivity contribution >= 4 is 31.5 Å². The SMILES string of the molecule is C=C(C)[C@@H]1CC[C@]2(C(=O)NCCC(=O)OCC[Si](C)(C)C)CC[C@]3(C)[C@H](CC[C@@H]4[C@@]5(C)CC=C(c6ccc(C(=O)O)cc6)C(C)(C)[C@@H]5CC[C@]43C)[C@@H]12. The van der Waals surface area contributed by atoms with Crippen LogP contribution >= 0.6 is 0 Å². The fourth-order valence-electron chi connectivity index (χ4n) is 13.4. The van der Waals surface area contributed by atoms with Gasteiger partial charge in [-0.15, -0.1) is 0 Å². The molecule has 0 heterocycles. The zero-order valence-corrected chi connectivity index (χ0v) is 34.8. The molecule has 0 saturated heterocycles. The number of fused-ring (bicyclic) bond motifs is 7. The van der Waals surface area contributed by atoms with Crippen molar-refractivity contribution in [3.05, 3.63) is 53.6 Å². The molecule has 2 N–H and O–H groups in total. The van der Waals surface area contributed by atoms with E-state index >= 15 is 0 Å². The van der Waals surface area contributed by atoms with E-state index in [1.165, 1.54) is 30.4 Å². The third-order valence-electron chi connectivity index (χ3n) is 16.3. The van der Waals surface area contributed by atoms with Crippen LogP contribution in [0.25, 0.3) is 5.57 Å². The molecule has 5 aliphatic carbocycles. The van der Waals surface area contributed by atoms with Crippen LogP contribution < -0.4 is 5.32 Å². The molecule has 0 unspecified atom stereocenters. The van der Waals surface area contributed by atoms with Gasteiger partial charge >= 0.3 is 11.9 Å². The Balaban J connectivity index is 1.23. The number of benzene rings is 1. The number of ether oxygens (including phenoxy) is 1. The van der Waals surface area contributed by atoms with E-state index in [2.05, 4.69) is 79.2 Å². The Morgan fingerprint density at radius 1 is 0.904 bits per heavy atom. The van der Waals surface area contributed by atoms with Crippen molar-refractivity contribution in [1.29, 1.82) is 0 Å². The van der Waals surface area contributed by atoms with Gasteiger partial charge in [0, 0.05) is 14.6 Å². The molecule has 6 nitrogen and oxygen atoms in total. The van der Waals surface area contributed by atoms with E-state index in [-0.39, 0.29) is 45.9 Å². The lowest BCUT2D eigenvalue weighted by Crippen LogP contribution is -2.66. The Bertz CT molecular complexity index is 1620. The predicted molar refractivity (Wildman–Crippen MR) is 212 cm³/mol. The second-order valence-electron chi connectivity index (χ2n) is 20.3. The minimum absolute atomic E-state index is 0.0339. The van der Waals surface area contributed by atoms with Gasteiger partial charge in [0.15, 0.2) is 0 Å². The van der Waals surface area contributed by atoms with Crippen LogP contribution in [0.2, 0.25) is 25.7 Å². The van der Waals surface area contributed by atoms with Crippen LogP contribution in [-0.2, 0) is 14.3 Å². The van der Waals surface area contributed by atoms with E-state index in [1.54, 1.807) is 12.1 Å². The second-order valence-corrected chi connectivity index (χ2v) is 25.9. The Morgan fingerprint density at radius 3 is 2.23 bits per heavy atom. The molecule has 0 bridgehead atoms. The second kappa shape index (κ2) is 13.6. The van der Waals surface area contributed by atoms with Crippen molar-refractivity contribution < 1.29 is 24.2 Å². The molecule has 286 valence electrons. The number of amides is 1. The number of hydrogen-bond acceptors (Lipinski definition) is 4. The van der Waals surface area contributed by atoms with E-state index in [1.807, 2.05) is 12.1 Å². The van der Waals surface area contributed by atoms with Crippen molar-refractivity contribution in [2.24, 2.45) is 56.7 Å². The summed E-state index contributed by atoms with van der Waals surface area (Å²) >= 11 is 0. The number of aromatic carboxylic acids is 1. The summed E-state index contributed by atoms with van der Waals surface area (Å²) in [7, 11) is -1.28. The van der Waals surface area contributed by atoms with Gasteiger partial charge in [-0.1, -0.05) is 84.6 Å². The molecule has 0 aromatic heterocycles. The van der Waals surface area contributed by atoms with Crippen molar-refractivity contribution in [1.82, 2.24) is 5.32 Å². The van der Waals surface area contributed by atoms with Gasteiger partial charge in [0.2, 0.25) is 5.91 Å². The maximum absolute atomic E-state index is 14.4. The standard InChI is InChI=1S/C45H67NO5Si/c1-29(2)32-17-23-45(40(50)46-26-20-37(47)51-27-28-52(8,9)10)25-24-43(6)34(38(32)45)15-16-36-42(5)21-18-33(30-11-13-31(14-12-30)39(48)49)41(3,4)35(42)19-22-44(36,43)7/h11-14,18,32,34-36,38H,1,15-17,19-28H2,2-10H3,(H,46,50)(H,48,49)/t32-,34+,35-,36+,38+,42-,43+,44+,45-/m0/s1. The summed E-state index contributed by atoms with van der Waals surface area (Å²) < 4.78 is 5.53. The fourth-order valence-corrected chi connectivity index (χ4v) is 14.1. The molecular weight excluding hydrogens is 663 g/mol. The largest absolute Gasteiger partial charge is 0.478 e. The number of carbonyl (C=O) groups excluding carboxylic acids is 2. The molecule has 6 rings (SSSR count). The topological polar surface area (TPSA) is 92.7 Å². The van der Waals surface area contributed by atoms with Crippen LogP contribution in [0.5, 0.6) is 0 Å². The Kier molecular flexibility index (Phi) is 10.2. The molecule has 0 radical (unpaired) electrons. The molecule has 52 heavy (non-hydrogen) atoms. The minimum atomic E-state index is -1.28. The van der Waals surface area contributed by atoms with Crippen molar-refractivity contribution in [2.45, 2.75) is 131 Å². The summed E-state index contributed by atoms with van der Waals surface area (Å²) in [6.07, 6.45) is 12.4. The molecule has 7 heteroatoms. The van der Waals surface area contributed by atoms with Gasteiger partial charge in [-0.25, -0.2) is 4.79 Å². The number of nitrogens with one attached hydrogen (secondary N) is 1. The summed E-state index contributed by atoms with van der Waals surface area (Å²) in [5.74, 6) is 1.26. The van der Waals surface area contributed by atoms with Crippen LogP contribution in [0, 0.1) is 56.7 Å². The van der Waals surface area contributed by atoms with Crippen LogP contribution in [-0.4, -0.2) is 44.2 Å². The number of carbonyl (C=O) groups is 3. The van der Waals surface area contributed by atoms with Gasteiger partial charge < -0.3 is 15.2 Å². The molecule has 4 fully saturated rings. The van der Waals surface area contributed by atoms with Crippen molar-refractivity contribution in [2.75, 3.05) is 13.2 Å². The summed E-state index contributed by atoms with van der Waals surface area (Å²) in [6, 6.07) is 8.46. The first-order chi connectivity index (χ1) is 24.2. The first kappa shape index (κ1) is 39.0. The highest BCUT2D eigenvalue weighted by Gasteiger charge is 2.71. The molecule has 1 amide bonds. The van der Waals surface area contributed by atoms with E-state index in [4.69, 9.17) is 4.74 Å². The molecule has 5 aliphatic rings. The quantitative estimate of drug-likeness (QED) is 0.142. The number of esters is 1. The van der Waals surface area contributed by atoms with Crippen LogP contribution in [0.1, 0.15) is 122 Å². The zero-order chi connectivity index (χ0) is 38.1. The smallest absolute Gasteiger partial charge is 0.335 e. The highest BCUT2D eigenvalue weighted by Crippen LogP contribution is 2.77. The summed E-state index contributed by atoms with van der Waals surface area (Å²) in [6.45, 7) is 27.0. The molecule has 9 atom stereocenters. The average Bonchev–Trinajstić information content (AvgIpc) is 3.46. The monoisotopic (exact) mass is 729 g/mol. The molecule has 0 spiro atoms. The lowest BCUT2D eigenvalue weighted by molar-refractivity contribution is -0.225. The van der Waals surface area contributed by atoms with Gasteiger partial charge in [-0.3, -0.25) is 9.59 Å². The predicted octanol–water partition coefficient (Wildman–Crippen LogP) is 10.4. The van der Waals surface area contributed by atoms with Gasteiger partial charge in [0.1, 0.15) is 0 Å². The van der Waals surface area contributed by atoms with E-state index < -0.39 is 19.5 Å². The molecule has 1 aromatic rings.